The van der Waals surface area contributed by atoms with Gasteiger partial charge in [0.05, 0.1) is 21.8 Å². The van der Waals surface area contributed by atoms with E-state index in [4.69, 9.17) is 0 Å². The lowest BCUT2D eigenvalue weighted by Crippen LogP contribution is -2.24. The highest BCUT2D eigenvalue weighted by molar-refractivity contribution is 8.00. The van der Waals surface area contributed by atoms with Crippen LogP contribution in [0.25, 0.3) is 16.6 Å². The number of hydrogen-bond donors (Lipinski definition) is 0. The van der Waals surface area contributed by atoms with Crippen molar-refractivity contribution in [3.05, 3.63) is 64.2 Å². The lowest BCUT2D eigenvalue weighted by Gasteiger charge is -2.17. The third-order valence-corrected chi connectivity index (χ3v) is 6.42. The second-order valence-electron chi connectivity index (χ2n) is 7.16. The van der Waals surface area contributed by atoms with Crippen LogP contribution >= 0.6 is 11.8 Å². The molecule has 28 heavy (non-hydrogen) atoms. The number of rotatable bonds is 3. The molecule has 4 rings (SSSR count). The van der Waals surface area contributed by atoms with E-state index in [1.807, 2.05) is 6.07 Å². The van der Waals surface area contributed by atoms with Gasteiger partial charge in [0.2, 0.25) is 0 Å². The van der Waals surface area contributed by atoms with Gasteiger partial charge in [-0.2, -0.15) is 0 Å². The lowest BCUT2D eigenvalue weighted by atomic mass is 10.2. The molecule has 1 aliphatic carbocycles. The van der Waals surface area contributed by atoms with Crippen molar-refractivity contribution in [2.75, 3.05) is 0 Å². The van der Waals surface area contributed by atoms with Crippen LogP contribution in [-0.2, 0) is 4.79 Å². The molecule has 1 saturated carbocycles. The number of carbonyl (C=O) groups excluding carboxylic acids is 1. The third-order valence-electron chi connectivity index (χ3n) is 5.15. The minimum absolute atomic E-state index is 0.201. The first-order valence-electron chi connectivity index (χ1n) is 9.52. The zero-order valence-corrected chi connectivity index (χ0v) is 16.5. The summed E-state index contributed by atoms with van der Waals surface area (Å²) in [6.07, 6.45) is 4.28. The molecular formula is C22H21FN2O2S. The van der Waals surface area contributed by atoms with E-state index in [0.717, 1.165) is 25.7 Å². The summed E-state index contributed by atoms with van der Waals surface area (Å²) in [5, 5.41) is 0.685. The largest absolute Gasteiger partial charge is 0.298 e. The van der Waals surface area contributed by atoms with Crippen LogP contribution in [0.5, 0.6) is 0 Å². The molecule has 1 aliphatic rings. The first-order chi connectivity index (χ1) is 13.5. The van der Waals surface area contributed by atoms with Crippen molar-refractivity contribution in [2.45, 2.75) is 49.4 Å². The van der Waals surface area contributed by atoms with Gasteiger partial charge >= 0.3 is 0 Å². The topological polar surface area (TPSA) is 52.0 Å². The number of fused-ring (bicyclic) bond motifs is 1. The summed E-state index contributed by atoms with van der Waals surface area (Å²) in [4.78, 5) is 30.4. The van der Waals surface area contributed by atoms with E-state index in [-0.39, 0.29) is 22.4 Å². The Labute approximate surface area is 166 Å². The first-order valence-corrected chi connectivity index (χ1v) is 10.4. The summed E-state index contributed by atoms with van der Waals surface area (Å²) >= 11 is 1.33. The van der Waals surface area contributed by atoms with E-state index < -0.39 is 0 Å². The highest BCUT2D eigenvalue weighted by Gasteiger charge is 2.25. The molecule has 0 radical (unpaired) electrons. The minimum Gasteiger partial charge on any atom is -0.298 e. The maximum atomic E-state index is 14.2. The van der Waals surface area contributed by atoms with Crippen molar-refractivity contribution in [1.29, 1.82) is 0 Å². The number of halogens is 1. The molecule has 1 heterocycles. The Hall–Kier alpha value is -2.47. The van der Waals surface area contributed by atoms with Crippen LogP contribution in [0.15, 0.2) is 52.4 Å². The number of nitrogens with zero attached hydrogens (tertiary/aromatic N) is 2. The Morgan fingerprint density at radius 2 is 1.93 bits per heavy atom. The molecule has 0 bridgehead atoms. The van der Waals surface area contributed by atoms with Crippen molar-refractivity contribution in [3.8, 4) is 5.69 Å². The summed E-state index contributed by atoms with van der Waals surface area (Å²) in [6, 6.07) is 11.8. The Morgan fingerprint density at radius 3 is 2.75 bits per heavy atom. The predicted octanol–water partition coefficient (Wildman–Crippen LogP) is 4.83. The number of Topliss-reactive ketones (excluding diaryl/α,β-unsaturated/α-hetero) is 1. The monoisotopic (exact) mass is 396 g/mol. The highest BCUT2D eigenvalue weighted by atomic mass is 32.2. The van der Waals surface area contributed by atoms with Crippen molar-refractivity contribution >= 4 is 28.4 Å². The smallest absolute Gasteiger partial charge is 0.266 e. The minimum atomic E-state index is -0.376. The summed E-state index contributed by atoms with van der Waals surface area (Å²) < 4.78 is 15.7. The van der Waals surface area contributed by atoms with E-state index in [0.29, 0.717) is 33.7 Å². The average Bonchev–Trinajstić information content (AvgIpc) is 2.89. The van der Waals surface area contributed by atoms with Crippen molar-refractivity contribution in [1.82, 2.24) is 9.55 Å². The maximum absolute atomic E-state index is 14.2. The Bertz CT molecular complexity index is 1110. The van der Waals surface area contributed by atoms with E-state index in [1.54, 1.807) is 37.3 Å². The van der Waals surface area contributed by atoms with E-state index in [1.165, 1.54) is 22.4 Å². The number of para-hydroxylation sites is 1. The summed E-state index contributed by atoms with van der Waals surface area (Å²) in [6.45, 7) is 1.68. The molecule has 1 fully saturated rings. The zero-order chi connectivity index (χ0) is 19.7. The van der Waals surface area contributed by atoms with E-state index >= 15 is 0 Å². The van der Waals surface area contributed by atoms with Crippen molar-refractivity contribution < 1.29 is 9.18 Å². The van der Waals surface area contributed by atoms with Crippen LogP contribution in [0.1, 0.15) is 37.7 Å². The molecule has 1 atom stereocenters. The number of aryl methyl sites for hydroxylation is 1. The molecule has 0 amide bonds. The molecule has 1 aromatic heterocycles. The number of thioether (sulfide) groups is 1. The fraction of sp³-hybridized carbons (Fsp3) is 0.318. The Morgan fingerprint density at radius 1 is 1.11 bits per heavy atom. The summed E-state index contributed by atoms with van der Waals surface area (Å²) in [7, 11) is 0. The molecule has 4 nitrogen and oxygen atoms in total. The van der Waals surface area contributed by atoms with Crippen LogP contribution in [0, 0.1) is 12.7 Å². The molecule has 0 spiro atoms. The van der Waals surface area contributed by atoms with Gasteiger partial charge in [-0.05, 0) is 49.6 Å². The molecule has 3 aromatic rings. The van der Waals surface area contributed by atoms with Gasteiger partial charge in [0.15, 0.2) is 5.16 Å². The van der Waals surface area contributed by atoms with E-state index in [9.17, 15) is 14.0 Å². The van der Waals surface area contributed by atoms with E-state index in [2.05, 4.69) is 4.98 Å². The number of carbonyl (C=O) groups is 1. The second kappa shape index (κ2) is 7.87. The van der Waals surface area contributed by atoms with Crippen molar-refractivity contribution in [3.63, 3.8) is 0 Å². The maximum Gasteiger partial charge on any atom is 0.266 e. The number of ketones is 1. The van der Waals surface area contributed by atoms with Gasteiger partial charge < -0.3 is 0 Å². The molecule has 6 heteroatoms. The number of hydrogen-bond acceptors (Lipinski definition) is 4. The number of benzene rings is 2. The van der Waals surface area contributed by atoms with Gasteiger partial charge in [0, 0.05) is 6.42 Å². The van der Waals surface area contributed by atoms with Crippen LogP contribution in [0.2, 0.25) is 0 Å². The highest BCUT2D eigenvalue weighted by Crippen LogP contribution is 2.31. The normalized spacial score (nSPS) is 17.6. The first kappa shape index (κ1) is 18.9. The van der Waals surface area contributed by atoms with Crippen LogP contribution < -0.4 is 5.56 Å². The van der Waals surface area contributed by atoms with Gasteiger partial charge in [-0.25, -0.2) is 9.37 Å². The molecule has 0 unspecified atom stereocenters. The van der Waals surface area contributed by atoms with Crippen molar-refractivity contribution in [2.24, 2.45) is 0 Å². The summed E-state index contributed by atoms with van der Waals surface area (Å²) in [5.41, 5.74) is 1.27. The summed E-state index contributed by atoms with van der Waals surface area (Å²) in [5.74, 6) is -0.175. The Kier molecular flexibility index (Phi) is 5.31. The van der Waals surface area contributed by atoms with Gasteiger partial charge in [-0.3, -0.25) is 14.2 Å². The predicted molar refractivity (Wildman–Crippen MR) is 110 cm³/mol. The van der Waals surface area contributed by atoms with Gasteiger partial charge in [0.25, 0.3) is 5.56 Å². The van der Waals surface area contributed by atoms with Gasteiger partial charge in [0.1, 0.15) is 11.6 Å². The molecule has 0 saturated heterocycles. The Balaban J connectivity index is 1.89. The van der Waals surface area contributed by atoms with Gasteiger partial charge in [-0.15, -0.1) is 0 Å². The fourth-order valence-corrected chi connectivity index (χ4v) is 4.75. The molecule has 0 aliphatic heterocycles. The SMILES string of the molecule is Cc1ccc(-n2c(S[C@@H]3CCCCCC3=O)nc3ccccc3c2=O)cc1F. The number of aromatic nitrogens is 2. The molecule has 0 N–H and O–H groups in total. The average molecular weight is 396 g/mol. The zero-order valence-electron chi connectivity index (χ0n) is 15.7. The van der Waals surface area contributed by atoms with Crippen LogP contribution in [0.4, 0.5) is 4.39 Å². The quantitative estimate of drug-likeness (QED) is 0.470. The van der Waals surface area contributed by atoms with Gasteiger partial charge in [-0.1, -0.05) is 42.8 Å². The van der Waals surface area contributed by atoms with Crippen LogP contribution in [0.3, 0.4) is 0 Å². The third kappa shape index (κ3) is 3.61. The molecule has 144 valence electrons. The fourth-order valence-electron chi connectivity index (χ4n) is 3.52. The lowest BCUT2D eigenvalue weighted by molar-refractivity contribution is -0.118. The molecule has 2 aromatic carbocycles. The standard InChI is InChI=1S/C22H21FN2O2S/c1-14-11-12-15(13-17(14)23)25-21(27)16-7-5-6-8-18(16)24-22(25)28-20-10-4-2-3-9-19(20)26/h5-8,11-13,20H,2-4,9-10H2,1H3/t20-/m1/s1. The second-order valence-corrected chi connectivity index (χ2v) is 8.33. The van der Waals surface area contributed by atoms with Crippen LogP contribution in [-0.4, -0.2) is 20.6 Å². The molecular weight excluding hydrogens is 375 g/mol.